The number of anilines is 1. The number of carbonyl (C=O) groups is 1. The minimum Gasteiger partial charge on any atom is -0.298 e. The number of nitrogens with zero attached hydrogens (tertiary/aromatic N) is 1. The third-order valence-corrected chi connectivity index (χ3v) is 4.69. The molecule has 2 aromatic carbocycles. The highest BCUT2D eigenvalue weighted by Gasteiger charge is 2.07. The van der Waals surface area contributed by atoms with Gasteiger partial charge in [0.25, 0.3) is 0 Å². The molecule has 0 unspecified atom stereocenters. The van der Waals surface area contributed by atoms with Crippen LogP contribution in [0, 0.1) is 5.82 Å². The summed E-state index contributed by atoms with van der Waals surface area (Å²) in [6.07, 6.45) is 2.89. The Morgan fingerprint density at radius 2 is 1.80 bits per heavy atom. The van der Waals surface area contributed by atoms with Crippen LogP contribution in [-0.4, -0.2) is 10.9 Å². The Balaban J connectivity index is 1.69. The molecule has 1 aromatic heterocycles. The lowest BCUT2D eigenvalue weighted by Gasteiger charge is -2.01. The Bertz CT molecular complexity index is 918. The van der Waals surface area contributed by atoms with Crippen LogP contribution in [0.25, 0.3) is 17.3 Å². The summed E-state index contributed by atoms with van der Waals surface area (Å²) in [5.41, 5.74) is 2.02. The van der Waals surface area contributed by atoms with E-state index < -0.39 is 0 Å². The molecule has 7 heteroatoms. The Hall–Kier alpha value is -2.21. The van der Waals surface area contributed by atoms with Crippen LogP contribution in [-0.2, 0) is 4.79 Å². The average Bonchev–Trinajstić information content (AvgIpc) is 3.03. The molecule has 0 bridgehead atoms. The number of nitrogens with one attached hydrogen (secondary N) is 1. The molecule has 3 nitrogen and oxygen atoms in total. The van der Waals surface area contributed by atoms with E-state index in [1.807, 2.05) is 0 Å². The summed E-state index contributed by atoms with van der Waals surface area (Å²) < 4.78 is 13.0. The fourth-order valence-corrected chi connectivity index (χ4v) is 3.31. The number of hydrogen-bond donors (Lipinski definition) is 1. The highest BCUT2D eigenvalue weighted by atomic mass is 35.5. The second-order valence-corrected chi connectivity index (χ2v) is 6.68. The van der Waals surface area contributed by atoms with Crippen molar-refractivity contribution in [2.75, 3.05) is 5.32 Å². The van der Waals surface area contributed by atoms with Crippen LogP contribution in [0.3, 0.4) is 0 Å². The van der Waals surface area contributed by atoms with E-state index in [0.717, 1.165) is 5.56 Å². The Morgan fingerprint density at radius 1 is 1.12 bits per heavy atom. The minimum atomic E-state index is -0.351. The normalized spacial score (nSPS) is 11.0. The molecule has 1 heterocycles. The van der Waals surface area contributed by atoms with Crippen molar-refractivity contribution in [1.29, 1.82) is 0 Å². The maximum Gasteiger partial charge on any atom is 0.250 e. The first-order valence-electron chi connectivity index (χ1n) is 7.17. The van der Waals surface area contributed by atoms with Crippen molar-refractivity contribution in [3.63, 3.8) is 0 Å². The predicted octanol–water partition coefficient (Wildman–Crippen LogP) is 5.91. The Morgan fingerprint density at radius 3 is 2.48 bits per heavy atom. The lowest BCUT2D eigenvalue weighted by atomic mass is 10.2. The van der Waals surface area contributed by atoms with Gasteiger partial charge < -0.3 is 0 Å². The van der Waals surface area contributed by atoms with Gasteiger partial charge in [-0.1, -0.05) is 29.3 Å². The van der Waals surface area contributed by atoms with Gasteiger partial charge in [0.05, 0.1) is 5.69 Å². The van der Waals surface area contributed by atoms with Gasteiger partial charge in [0.15, 0.2) is 5.13 Å². The fraction of sp³-hybridized carbons (Fsp3) is 0. The number of halogens is 3. The van der Waals surface area contributed by atoms with Crippen LogP contribution >= 0.6 is 34.5 Å². The summed E-state index contributed by atoms with van der Waals surface area (Å²) >= 11 is 13.4. The third kappa shape index (κ3) is 4.45. The molecule has 1 N–H and O–H groups in total. The van der Waals surface area contributed by atoms with Crippen molar-refractivity contribution < 1.29 is 9.18 Å². The molecule has 0 atom stereocenters. The summed E-state index contributed by atoms with van der Waals surface area (Å²) in [5, 5.41) is 5.83. The molecule has 0 saturated heterocycles. The summed E-state index contributed by atoms with van der Waals surface area (Å²) in [7, 11) is 0. The van der Waals surface area contributed by atoms with E-state index in [9.17, 15) is 9.18 Å². The molecule has 1 amide bonds. The largest absolute Gasteiger partial charge is 0.298 e. The number of rotatable bonds is 4. The molecule has 3 aromatic rings. The maximum absolute atomic E-state index is 13.0. The van der Waals surface area contributed by atoms with Crippen LogP contribution in [0.4, 0.5) is 9.52 Å². The molecule has 0 aliphatic carbocycles. The topological polar surface area (TPSA) is 42.0 Å². The van der Waals surface area contributed by atoms with Crippen molar-refractivity contribution in [2.45, 2.75) is 0 Å². The molecule has 0 spiro atoms. The van der Waals surface area contributed by atoms with Crippen molar-refractivity contribution in [2.24, 2.45) is 0 Å². The first-order valence-corrected chi connectivity index (χ1v) is 8.81. The molecule has 0 fully saturated rings. The van der Waals surface area contributed by atoms with Crippen molar-refractivity contribution in [1.82, 2.24) is 4.98 Å². The van der Waals surface area contributed by atoms with E-state index in [2.05, 4.69) is 10.3 Å². The van der Waals surface area contributed by atoms with E-state index in [1.165, 1.54) is 29.5 Å². The predicted molar refractivity (Wildman–Crippen MR) is 102 cm³/mol. The molecule has 0 saturated carbocycles. The number of benzene rings is 2. The summed E-state index contributed by atoms with van der Waals surface area (Å²) in [6, 6.07) is 11.1. The van der Waals surface area contributed by atoms with Crippen LogP contribution in [0.2, 0.25) is 10.0 Å². The van der Waals surface area contributed by atoms with E-state index in [0.29, 0.717) is 26.4 Å². The van der Waals surface area contributed by atoms with E-state index in [-0.39, 0.29) is 11.7 Å². The Labute approximate surface area is 157 Å². The van der Waals surface area contributed by atoms with Crippen molar-refractivity contribution in [3.05, 3.63) is 75.3 Å². The second kappa shape index (κ2) is 7.78. The maximum atomic E-state index is 13.0. The molecular formula is C18H11Cl2FN2OS. The van der Waals surface area contributed by atoms with Crippen LogP contribution in [0.5, 0.6) is 0 Å². The van der Waals surface area contributed by atoms with Gasteiger partial charge in [-0.3, -0.25) is 10.1 Å². The van der Waals surface area contributed by atoms with Crippen LogP contribution in [0.1, 0.15) is 5.56 Å². The van der Waals surface area contributed by atoms with Crippen molar-refractivity contribution >= 4 is 51.7 Å². The number of carbonyl (C=O) groups excluding carboxylic acids is 1. The first-order chi connectivity index (χ1) is 12.0. The molecule has 3 rings (SSSR count). The monoisotopic (exact) mass is 392 g/mol. The van der Waals surface area contributed by atoms with E-state index in [4.69, 9.17) is 23.2 Å². The minimum absolute atomic E-state index is 0.309. The van der Waals surface area contributed by atoms with Crippen LogP contribution < -0.4 is 5.32 Å². The van der Waals surface area contributed by atoms with Crippen LogP contribution in [0.15, 0.2) is 53.9 Å². The average molecular weight is 393 g/mol. The summed E-state index contributed by atoms with van der Waals surface area (Å²) in [4.78, 5) is 16.4. The van der Waals surface area contributed by atoms with Gasteiger partial charge in [0.1, 0.15) is 5.82 Å². The van der Waals surface area contributed by atoms with Crippen molar-refractivity contribution in [3.8, 4) is 11.3 Å². The second-order valence-electron chi connectivity index (χ2n) is 5.00. The molecule has 25 heavy (non-hydrogen) atoms. The number of aromatic nitrogens is 1. The fourth-order valence-electron chi connectivity index (χ4n) is 2.06. The summed E-state index contributed by atoms with van der Waals surface area (Å²) in [6.45, 7) is 0. The Kier molecular flexibility index (Phi) is 5.48. The molecule has 126 valence electrons. The zero-order chi connectivity index (χ0) is 17.8. The van der Waals surface area contributed by atoms with E-state index in [1.54, 1.807) is 41.8 Å². The number of thiazole rings is 1. The SMILES string of the molecule is O=C(C=Cc1c(Cl)cccc1Cl)Nc1nc(-c2ccc(F)cc2)cs1. The molecular weight excluding hydrogens is 382 g/mol. The highest BCUT2D eigenvalue weighted by Crippen LogP contribution is 2.26. The molecule has 0 aliphatic rings. The van der Waals surface area contributed by atoms with Gasteiger partial charge in [-0.25, -0.2) is 9.37 Å². The van der Waals surface area contributed by atoms with Gasteiger partial charge in [-0.2, -0.15) is 0 Å². The third-order valence-electron chi connectivity index (χ3n) is 3.28. The molecule has 0 aliphatic heterocycles. The quantitative estimate of drug-likeness (QED) is 0.560. The lowest BCUT2D eigenvalue weighted by molar-refractivity contribution is -0.111. The zero-order valence-corrected chi connectivity index (χ0v) is 15.0. The van der Waals surface area contributed by atoms with E-state index >= 15 is 0 Å². The smallest absolute Gasteiger partial charge is 0.250 e. The molecule has 0 radical (unpaired) electrons. The summed E-state index contributed by atoms with van der Waals surface area (Å²) in [5.74, 6) is -0.660. The zero-order valence-electron chi connectivity index (χ0n) is 12.7. The number of hydrogen-bond acceptors (Lipinski definition) is 3. The van der Waals surface area contributed by atoms with Gasteiger partial charge in [-0.05, 0) is 42.5 Å². The van der Waals surface area contributed by atoms with Gasteiger partial charge in [0, 0.05) is 32.6 Å². The van der Waals surface area contributed by atoms with Gasteiger partial charge in [0.2, 0.25) is 5.91 Å². The lowest BCUT2D eigenvalue weighted by Crippen LogP contribution is -2.07. The first kappa shape index (κ1) is 17.6. The van der Waals surface area contributed by atoms with Gasteiger partial charge >= 0.3 is 0 Å². The standard InChI is InChI=1S/C18H11Cl2FN2OS/c19-14-2-1-3-15(20)13(14)8-9-17(24)23-18-22-16(10-25-18)11-4-6-12(21)7-5-11/h1-10H,(H,22,23,24). The number of amides is 1. The highest BCUT2D eigenvalue weighted by molar-refractivity contribution is 7.14. The van der Waals surface area contributed by atoms with Gasteiger partial charge in [-0.15, -0.1) is 11.3 Å².